The monoisotopic (exact) mass is 378 g/mol. The molecule has 2 fully saturated rings. The number of unbranched alkanes of at least 4 members (excludes halogenated alkanes) is 1. The Hall–Kier alpha value is -2.36. The number of benzene rings is 1. The van der Waals surface area contributed by atoms with Crippen molar-refractivity contribution in [2.24, 2.45) is 16.7 Å². The van der Waals surface area contributed by atoms with Gasteiger partial charge in [-0.15, -0.1) is 0 Å². The molecule has 1 aromatic rings. The lowest BCUT2D eigenvalue weighted by molar-refractivity contribution is -0.270. The zero-order valence-electron chi connectivity index (χ0n) is 16.5. The summed E-state index contributed by atoms with van der Waals surface area (Å²) < 4.78 is 12.3. The number of hydrogen-bond donors (Lipinski definition) is 0. The molecule has 146 valence electrons. The van der Waals surface area contributed by atoms with Crippen molar-refractivity contribution in [3.63, 3.8) is 0 Å². The Balaban J connectivity index is 1.82. The van der Waals surface area contributed by atoms with Crippen LogP contribution in [0.5, 0.6) is 0 Å². The van der Waals surface area contributed by atoms with Gasteiger partial charge in [0.05, 0.1) is 11.0 Å². The van der Waals surface area contributed by atoms with E-state index in [9.17, 15) is 9.59 Å². The van der Waals surface area contributed by atoms with E-state index in [4.69, 9.17) is 9.47 Å². The molecular weight excluding hydrogens is 352 g/mol. The molecule has 4 heteroatoms. The van der Waals surface area contributed by atoms with Crippen molar-refractivity contribution in [1.82, 2.24) is 0 Å². The van der Waals surface area contributed by atoms with E-state index in [-0.39, 0.29) is 17.9 Å². The molecule has 0 radical (unpaired) electrons. The van der Waals surface area contributed by atoms with Crippen LogP contribution in [0.3, 0.4) is 0 Å². The Morgan fingerprint density at radius 2 is 2.00 bits per heavy atom. The fraction of sp³-hybridized carbons (Fsp3) is 0.500. The molecule has 1 saturated carbocycles. The predicted octanol–water partition coefficient (Wildman–Crippen LogP) is 5.05. The van der Waals surface area contributed by atoms with Crippen LogP contribution in [-0.4, -0.2) is 11.9 Å². The lowest BCUT2D eigenvalue weighted by Gasteiger charge is -2.68. The summed E-state index contributed by atoms with van der Waals surface area (Å²) in [6.45, 7) is 4.23. The van der Waals surface area contributed by atoms with Crippen molar-refractivity contribution in [3.05, 3.63) is 59.4 Å². The van der Waals surface area contributed by atoms with Crippen LogP contribution in [0.1, 0.15) is 68.3 Å². The van der Waals surface area contributed by atoms with Gasteiger partial charge in [0, 0.05) is 11.5 Å². The third-order valence-corrected chi connectivity index (χ3v) is 7.40. The van der Waals surface area contributed by atoms with Gasteiger partial charge < -0.3 is 9.47 Å². The zero-order valence-corrected chi connectivity index (χ0v) is 16.5. The SMILES string of the molecule is CCCC=C1OC(=O)[C@@]23C=CCC[C@@]12[C@@]1(OC(=O)c2ccccc21)[C@@H]3CCC. The second-order valence-corrected chi connectivity index (χ2v) is 8.47. The highest BCUT2D eigenvalue weighted by atomic mass is 16.6. The molecule has 0 N–H and O–H groups in total. The molecule has 2 aliphatic carbocycles. The Morgan fingerprint density at radius 1 is 1.18 bits per heavy atom. The fourth-order valence-electron chi connectivity index (χ4n) is 6.56. The van der Waals surface area contributed by atoms with Gasteiger partial charge in [-0.2, -0.15) is 0 Å². The van der Waals surface area contributed by atoms with Gasteiger partial charge in [-0.3, -0.25) is 4.79 Å². The molecule has 2 aliphatic heterocycles. The number of carbonyl (C=O) groups excluding carboxylic acids is 2. The molecular formula is C24H26O4. The van der Waals surface area contributed by atoms with Crippen molar-refractivity contribution >= 4 is 11.9 Å². The van der Waals surface area contributed by atoms with Crippen molar-refractivity contribution in [1.29, 1.82) is 0 Å². The number of hydrogen-bond acceptors (Lipinski definition) is 4. The fourth-order valence-corrected chi connectivity index (χ4v) is 6.56. The van der Waals surface area contributed by atoms with E-state index >= 15 is 0 Å². The largest absolute Gasteiger partial charge is 0.449 e. The summed E-state index contributed by atoms with van der Waals surface area (Å²) in [6, 6.07) is 7.70. The number of allylic oxidation sites excluding steroid dienone is 2. The van der Waals surface area contributed by atoms with E-state index in [0.717, 1.165) is 49.8 Å². The van der Waals surface area contributed by atoms with Crippen molar-refractivity contribution < 1.29 is 19.1 Å². The summed E-state index contributed by atoms with van der Waals surface area (Å²) in [5.74, 6) is 0.175. The van der Waals surface area contributed by atoms with E-state index in [1.807, 2.05) is 24.3 Å². The van der Waals surface area contributed by atoms with Gasteiger partial charge in [0.2, 0.25) is 0 Å². The van der Waals surface area contributed by atoms with E-state index in [0.29, 0.717) is 5.56 Å². The summed E-state index contributed by atoms with van der Waals surface area (Å²) in [7, 11) is 0. The molecule has 4 aliphatic rings. The highest BCUT2D eigenvalue weighted by Gasteiger charge is 2.90. The van der Waals surface area contributed by atoms with Crippen LogP contribution >= 0.6 is 0 Å². The predicted molar refractivity (Wildman–Crippen MR) is 104 cm³/mol. The summed E-state index contributed by atoms with van der Waals surface area (Å²) in [6.07, 6.45) is 11.4. The lowest BCUT2D eigenvalue weighted by atomic mass is 9.32. The lowest BCUT2D eigenvalue weighted by Crippen LogP contribution is -2.75. The molecule has 1 aromatic carbocycles. The second-order valence-electron chi connectivity index (χ2n) is 8.47. The van der Waals surface area contributed by atoms with E-state index < -0.39 is 16.4 Å². The average molecular weight is 378 g/mol. The van der Waals surface area contributed by atoms with Crippen LogP contribution in [0.25, 0.3) is 0 Å². The van der Waals surface area contributed by atoms with Gasteiger partial charge in [0.15, 0.2) is 5.60 Å². The number of rotatable bonds is 4. The standard InChI is InChI=1S/C24H26O4/c1-3-5-13-19-23-15-9-8-14-22(23,21(26)27-19)18(10-4-2)24(23)17-12-7-6-11-16(17)20(25)28-24/h6-8,11-14,18H,3-5,9-10,15H2,1-2H3/t18-,22+,23-,24+/m1/s1. The van der Waals surface area contributed by atoms with Gasteiger partial charge in [-0.05, 0) is 37.8 Å². The number of cyclic esters (lactones) is 1. The Bertz CT molecular complexity index is 928. The average Bonchev–Trinajstić information content (AvgIpc) is 3.15. The molecule has 4 nitrogen and oxygen atoms in total. The van der Waals surface area contributed by atoms with Crippen molar-refractivity contribution in [2.75, 3.05) is 0 Å². The van der Waals surface area contributed by atoms with Gasteiger partial charge in [-0.1, -0.05) is 57.0 Å². The van der Waals surface area contributed by atoms with Gasteiger partial charge in [0.1, 0.15) is 11.2 Å². The maximum Gasteiger partial charge on any atom is 0.339 e. The Morgan fingerprint density at radius 3 is 2.79 bits per heavy atom. The molecule has 0 unspecified atom stereocenters. The van der Waals surface area contributed by atoms with Gasteiger partial charge in [0.25, 0.3) is 0 Å². The third-order valence-electron chi connectivity index (χ3n) is 7.40. The Kier molecular flexibility index (Phi) is 3.68. The smallest absolute Gasteiger partial charge is 0.339 e. The first kappa shape index (κ1) is 17.7. The maximum absolute atomic E-state index is 13.3. The van der Waals surface area contributed by atoms with E-state index in [2.05, 4.69) is 32.1 Å². The first-order chi connectivity index (χ1) is 13.6. The van der Waals surface area contributed by atoms with Crippen LogP contribution in [0.4, 0.5) is 0 Å². The molecule has 1 spiro atoms. The number of fused-ring (bicyclic) bond motifs is 2. The van der Waals surface area contributed by atoms with Crippen LogP contribution in [0.2, 0.25) is 0 Å². The molecule has 5 rings (SSSR count). The van der Waals surface area contributed by atoms with Gasteiger partial charge >= 0.3 is 11.9 Å². The molecule has 0 aromatic heterocycles. The number of ether oxygens (including phenoxy) is 2. The maximum atomic E-state index is 13.3. The first-order valence-corrected chi connectivity index (χ1v) is 10.5. The quantitative estimate of drug-likeness (QED) is 0.544. The number of carbonyl (C=O) groups is 2. The normalized spacial score (nSPS) is 38.6. The van der Waals surface area contributed by atoms with Crippen LogP contribution in [0.15, 0.2) is 48.3 Å². The molecule has 4 atom stereocenters. The number of esters is 2. The molecule has 0 amide bonds. The minimum atomic E-state index is -0.812. The van der Waals surface area contributed by atoms with Crippen LogP contribution < -0.4 is 0 Å². The van der Waals surface area contributed by atoms with Crippen molar-refractivity contribution in [2.45, 2.75) is 58.0 Å². The summed E-state index contributed by atoms with van der Waals surface area (Å²) >= 11 is 0. The van der Waals surface area contributed by atoms with E-state index in [1.54, 1.807) is 0 Å². The Labute approximate surface area is 165 Å². The summed E-state index contributed by atoms with van der Waals surface area (Å²) in [5, 5.41) is 0. The van der Waals surface area contributed by atoms with Gasteiger partial charge in [-0.25, -0.2) is 4.79 Å². The third kappa shape index (κ3) is 1.65. The zero-order chi connectivity index (χ0) is 19.6. The van der Waals surface area contributed by atoms with E-state index in [1.165, 1.54) is 0 Å². The second kappa shape index (κ2) is 5.82. The topological polar surface area (TPSA) is 52.6 Å². The minimum absolute atomic E-state index is 0.103. The van der Waals surface area contributed by atoms with Crippen LogP contribution in [-0.2, 0) is 19.9 Å². The van der Waals surface area contributed by atoms with Crippen molar-refractivity contribution in [3.8, 4) is 0 Å². The summed E-state index contributed by atoms with van der Waals surface area (Å²) in [4.78, 5) is 26.2. The minimum Gasteiger partial charge on any atom is -0.449 e. The highest BCUT2D eigenvalue weighted by molar-refractivity contribution is 5.98. The molecule has 0 bridgehead atoms. The van der Waals surface area contributed by atoms with Crippen LogP contribution in [0, 0.1) is 16.7 Å². The molecule has 1 saturated heterocycles. The first-order valence-electron chi connectivity index (χ1n) is 10.5. The molecule has 2 heterocycles. The highest BCUT2D eigenvalue weighted by Crippen LogP contribution is 2.83. The molecule has 28 heavy (non-hydrogen) atoms. The summed E-state index contributed by atoms with van der Waals surface area (Å²) in [5.41, 5.74) is -0.588.